The van der Waals surface area contributed by atoms with E-state index in [1.807, 2.05) is 0 Å². The summed E-state index contributed by atoms with van der Waals surface area (Å²) in [5.74, 6) is 4.09. The van der Waals surface area contributed by atoms with E-state index in [0.717, 1.165) is 55.2 Å². The summed E-state index contributed by atoms with van der Waals surface area (Å²) in [5, 5.41) is 0. The van der Waals surface area contributed by atoms with E-state index in [-0.39, 0.29) is 6.04 Å². The number of ether oxygens (including phenoxy) is 4. The van der Waals surface area contributed by atoms with Crippen molar-refractivity contribution < 1.29 is 18.9 Å². The zero-order valence-electron chi connectivity index (χ0n) is 23.0. The molecular formula is C34H37NO4. The lowest BCUT2D eigenvalue weighted by atomic mass is 9.78. The van der Waals surface area contributed by atoms with Gasteiger partial charge in [-0.3, -0.25) is 0 Å². The van der Waals surface area contributed by atoms with Crippen LogP contribution in [-0.4, -0.2) is 32.5 Å². The van der Waals surface area contributed by atoms with E-state index in [1.54, 1.807) is 14.2 Å². The normalized spacial score (nSPS) is 19.3. The quantitative estimate of drug-likeness (QED) is 0.327. The number of rotatable bonds is 7. The molecule has 3 heterocycles. The Balaban J connectivity index is 1.37. The average molecular weight is 524 g/mol. The van der Waals surface area contributed by atoms with Gasteiger partial charge in [0.25, 0.3) is 0 Å². The maximum atomic E-state index is 6.15. The molecule has 0 aromatic heterocycles. The molecule has 7 rings (SSSR count). The molecule has 202 valence electrons. The van der Waals surface area contributed by atoms with E-state index < -0.39 is 0 Å². The first-order valence-electron chi connectivity index (χ1n) is 14.5. The number of benzene rings is 3. The third-order valence-electron chi connectivity index (χ3n) is 9.15. The van der Waals surface area contributed by atoms with Crippen LogP contribution in [0.4, 0.5) is 0 Å². The summed E-state index contributed by atoms with van der Waals surface area (Å²) in [6, 6.07) is 17.7. The Morgan fingerprint density at radius 2 is 1.72 bits per heavy atom. The second-order valence-electron chi connectivity index (χ2n) is 11.3. The highest BCUT2D eigenvalue weighted by molar-refractivity contribution is 5.89. The minimum absolute atomic E-state index is 0.277. The van der Waals surface area contributed by atoms with Gasteiger partial charge in [0.15, 0.2) is 23.0 Å². The van der Waals surface area contributed by atoms with Crippen LogP contribution < -0.4 is 18.9 Å². The van der Waals surface area contributed by atoms with Crippen molar-refractivity contribution in [3.63, 3.8) is 0 Å². The largest absolute Gasteiger partial charge is 0.493 e. The third-order valence-corrected chi connectivity index (χ3v) is 9.15. The van der Waals surface area contributed by atoms with Crippen molar-refractivity contribution in [1.82, 2.24) is 4.90 Å². The molecule has 3 aliphatic heterocycles. The summed E-state index contributed by atoms with van der Waals surface area (Å²) in [4.78, 5) is 2.67. The van der Waals surface area contributed by atoms with Crippen LogP contribution in [0.15, 0.2) is 48.5 Å². The predicted molar refractivity (Wildman–Crippen MR) is 154 cm³/mol. The van der Waals surface area contributed by atoms with Gasteiger partial charge in [-0.15, -0.1) is 0 Å². The number of nitrogens with zero attached hydrogens (tertiary/aromatic N) is 1. The summed E-state index contributed by atoms with van der Waals surface area (Å²) >= 11 is 0. The molecule has 0 saturated heterocycles. The van der Waals surface area contributed by atoms with E-state index in [0.29, 0.717) is 12.7 Å². The number of methoxy groups -OCH3 is 2. The monoisotopic (exact) mass is 523 g/mol. The van der Waals surface area contributed by atoms with Gasteiger partial charge in [-0.05, 0) is 91.0 Å². The van der Waals surface area contributed by atoms with Crippen LogP contribution in [0, 0.1) is 5.92 Å². The average Bonchev–Trinajstić information content (AvgIpc) is 3.67. The molecule has 0 spiro atoms. The maximum absolute atomic E-state index is 6.15. The molecule has 5 nitrogen and oxygen atoms in total. The lowest BCUT2D eigenvalue weighted by molar-refractivity contribution is 0.174. The molecule has 1 saturated carbocycles. The summed E-state index contributed by atoms with van der Waals surface area (Å²) in [5.41, 5.74) is 9.33. The van der Waals surface area contributed by atoms with E-state index in [4.69, 9.17) is 18.9 Å². The van der Waals surface area contributed by atoms with Crippen molar-refractivity contribution in [3.8, 4) is 23.0 Å². The van der Waals surface area contributed by atoms with Crippen LogP contribution in [0.1, 0.15) is 71.5 Å². The topological polar surface area (TPSA) is 40.2 Å². The van der Waals surface area contributed by atoms with Crippen molar-refractivity contribution in [2.45, 2.75) is 57.4 Å². The lowest BCUT2D eigenvalue weighted by Crippen LogP contribution is -2.39. The van der Waals surface area contributed by atoms with E-state index in [1.165, 1.54) is 64.8 Å². The minimum Gasteiger partial charge on any atom is -0.493 e. The highest BCUT2D eigenvalue weighted by Gasteiger charge is 2.42. The van der Waals surface area contributed by atoms with Crippen LogP contribution in [0.25, 0.3) is 11.8 Å². The van der Waals surface area contributed by atoms with Crippen LogP contribution in [0.5, 0.6) is 23.0 Å². The van der Waals surface area contributed by atoms with Crippen LogP contribution in [-0.2, 0) is 19.3 Å². The first kappa shape index (κ1) is 24.4. The first-order valence-corrected chi connectivity index (χ1v) is 14.5. The fourth-order valence-electron chi connectivity index (χ4n) is 7.34. The van der Waals surface area contributed by atoms with Gasteiger partial charge in [0.2, 0.25) is 6.79 Å². The van der Waals surface area contributed by atoms with Gasteiger partial charge in [0, 0.05) is 23.4 Å². The molecule has 1 atom stereocenters. The van der Waals surface area contributed by atoms with Crippen LogP contribution in [0.3, 0.4) is 0 Å². The Hall–Kier alpha value is -3.60. The van der Waals surface area contributed by atoms with Crippen molar-refractivity contribution in [3.05, 3.63) is 81.9 Å². The van der Waals surface area contributed by atoms with Crippen LogP contribution >= 0.6 is 0 Å². The van der Waals surface area contributed by atoms with Gasteiger partial charge in [0.05, 0.1) is 20.3 Å². The molecule has 0 N–H and O–H groups in total. The molecule has 4 aliphatic rings. The number of hydrogen-bond acceptors (Lipinski definition) is 5. The fraction of sp³-hybridized carbons (Fsp3) is 0.412. The van der Waals surface area contributed by atoms with Gasteiger partial charge in [-0.25, -0.2) is 0 Å². The van der Waals surface area contributed by atoms with E-state index in [2.05, 4.69) is 59.5 Å². The Labute approximate surface area is 231 Å². The van der Waals surface area contributed by atoms with Gasteiger partial charge < -0.3 is 23.8 Å². The molecule has 0 bridgehead atoms. The molecule has 1 fully saturated rings. The second kappa shape index (κ2) is 10.2. The summed E-state index contributed by atoms with van der Waals surface area (Å²) in [6.45, 7) is 1.29. The van der Waals surface area contributed by atoms with Gasteiger partial charge in [-0.1, -0.05) is 43.2 Å². The summed E-state index contributed by atoms with van der Waals surface area (Å²) in [6.07, 6.45) is 11.7. The highest BCUT2D eigenvalue weighted by atomic mass is 16.7. The van der Waals surface area contributed by atoms with Crippen molar-refractivity contribution in [2.75, 3.05) is 27.6 Å². The molecule has 3 aromatic carbocycles. The first-order chi connectivity index (χ1) is 19.2. The van der Waals surface area contributed by atoms with Gasteiger partial charge in [0.1, 0.15) is 0 Å². The van der Waals surface area contributed by atoms with Gasteiger partial charge >= 0.3 is 0 Å². The zero-order chi connectivity index (χ0) is 26.3. The third kappa shape index (κ3) is 4.23. The lowest BCUT2D eigenvalue weighted by Gasteiger charge is -2.46. The minimum atomic E-state index is 0.277. The SMILES string of the molecule is COc1cc(CCCc2ccccc2)c2c(c1OC)[C@H](C1CCCC1)N1CCc3cc4c(cc3C1=C2)OCO4. The number of aryl methyl sites for hydroxylation is 2. The Morgan fingerprint density at radius 3 is 2.49 bits per heavy atom. The fourth-order valence-corrected chi connectivity index (χ4v) is 7.34. The van der Waals surface area contributed by atoms with E-state index >= 15 is 0 Å². The Kier molecular flexibility index (Phi) is 6.38. The highest BCUT2D eigenvalue weighted by Crippen LogP contribution is 2.55. The Morgan fingerprint density at radius 1 is 0.923 bits per heavy atom. The molecule has 1 aliphatic carbocycles. The van der Waals surface area contributed by atoms with Crippen molar-refractivity contribution in [2.24, 2.45) is 5.92 Å². The number of hydrogen-bond donors (Lipinski definition) is 0. The standard InChI is InChI=1S/C34H37NO4/c1-36-31-18-24(14-8-11-22-9-4-3-5-10-22)27-19-28-26-20-30-29(38-21-39-30)17-25(26)15-16-35(28)33(23-12-6-7-13-23)32(27)34(31)37-2/h3-5,9-10,17-20,23,33H,6-8,11-16,21H2,1-2H3/t33-/m0/s1. The molecular weight excluding hydrogens is 486 g/mol. The van der Waals surface area contributed by atoms with Crippen molar-refractivity contribution in [1.29, 1.82) is 0 Å². The molecule has 39 heavy (non-hydrogen) atoms. The molecule has 5 heteroatoms. The van der Waals surface area contributed by atoms with Gasteiger partial charge in [-0.2, -0.15) is 0 Å². The smallest absolute Gasteiger partial charge is 0.231 e. The van der Waals surface area contributed by atoms with E-state index in [9.17, 15) is 0 Å². The summed E-state index contributed by atoms with van der Waals surface area (Å²) in [7, 11) is 3.57. The molecule has 0 unspecified atom stereocenters. The maximum Gasteiger partial charge on any atom is 0.231 e. The predicted octanol–water partition coefficient (Wildman–Crippen LogP) is 7.21. The Bertz CT molecular complexity index is 1410. The zero-order valence-corrected chi connectivity index (χ0v) is 23.0. The molecule has 0 amide bonds. The molecule has 0 radical (unpaired) electrons. The summed E-state index contributed by atoms with van der Waals surface area (Å²) < 4.78 is 23.7. The molecule has 3 aromatic rings. The van der Waals surface area contributed by atoms with Crippen LogP contribution in [0.2, 0.25) is 0 Å². The number of fused-ring (bicyclic) bond motifs is 5. The van der Waals surface area contributed by atoms with Crippen molar-refractivity contribution >= 4 is 11.8 Å². The second-order valence-corrected chi connectivity index (χ2v) is 11.3.